The van der Waals surface area contributed by atoms with E-state index in [1.807, 2.05) is 55.5 Å². The molecule has 0 fully saturated rings. The zero-order valence-electron chi connectivity index (χ0n) is 11.1. The van der Waals surface area contributed by atoms with Gasteiger partial charge in [-0.25, -0.2) is 0 Å². The largest absolute Gasteiger partial charge is 0.496 e. The van der Waals surface area contributed by atoms with Gasteiger partial charge in [-0.1, -0.05) is 29.8 Å². The van der Waals surface area contributed by atoms with Crippen LogP contribution >= 0.6 is 0 Å². The Morgan fingerprint density at radius 2 is 1.89 bits per heavy atom. The van der Waals surface area contributed by atoms with E-state index in [1.165, 1.54) is 0 Å². The first-order valence-corrected chi connectivity index (χ1v) is 6.17. The average Bonchev–Trinajstić information content (AvgIpc) is 2.46. The molecule has 0 heterocycles. The van der Waals surface area contributed by atoms with Crippen molar-refractivity contribution >= 4 is 11.5 Å². The Morgan fingerprint density at radius 3 is 2.58 bits per heavy atom. The van der Waals surface area contributed by atoms with Gasteiger partial charge in [0.1, 0.15) is 5.75 Å². The highest BCUT2D eigenvalue weighted by Gasteiger charge is 2.12. The van der Waals surface area contributed by atoms with Crippen LogP contribution in [0.1, 0.15) is 15.9 Å². The number of carbonyl (C=O) groups is 1. The number of rotatable bonds is 5. The second-order valence-electron chi connectivity index (χ2n) is 4.35. The third kappa shape index (κ3) is 3.35. The highest BCUT2D eigenvalue weighted by molar-refractivity contribution is 6.01. The maximum absolute atomic E-state index is 12.2. The first-order chi connectivity index (χ1) is 9.20. The first-order valence-electron chi connectivity index (χ1n) is 6.17. The topological polar surface area (TPSA) is 38.3 Å². The molecule has 0 aliphatic heterocycles. The van der Waals surface area contributed by atoms with E-state index >= 15 is 0 Å². The summed E-state index contributed by atoms with van der Waals surface area (Å²) in [5.41, 5.74) is 2.59. The van der Waals surface area contributed by atoms with Gasteiger partial charge in [-0.2, -0.15) is 0 Å². The van der Waals surface area contributed by atoms with E-state index in [2.05, 4.69) is 5.32 Å². The van der Waals surface area contributed by atoms with Gasteiger partial charge in [-0.05, 0) is 31.2 Å². The lowest BCUT2D eigenvalue weighted by Crippen LogP contribution is -2.15. The van der Waals surface area contributed by atoms with Crippen LogP contribution in [0, 0.1) is 6.92 Å². The van der Waals surface area contributed by atoms with Crippen LogP contribution in [0.3, 0.4) is 0 Å². The summed E-state index contributed by atoms with van der Waals surface area (Å²) in [5, 5.41) is 3.11. The van der Waals surface area contributed by atoms with Gasteiger partial charge in [-0.15, -0.1) is 0 Å². The standard InChI is InChI=1S/C16H17NO2/c1-12-8-9-16(19-2)14(10-12)15(18)11-17-13-6-4-3-5-7-13/h3-10,17H,11H2,1-2H3. The van der Waals surface area contributed by atoms with Gasteiger partial charge in [0.2, 0.25) is 0 Å². The van der Waals surface area contributed by atoms with Crippen molar-refractivity contribution < 1.29 is 9.53 Å². The summed E-state index contributed by atoms with van der Waals surface area (Å²) in [6.07, 6.45) is 0. The quantitative estimate of drug-likeness (QED) is 0.833. The molecule has 0 radical (unpaired) electrons. The van der Waals surface area contributed by atoms with Crippen LogP contribution in [0.5, 0.6) is 5.75 Å². The Kier molecular flexibility index (Phi) is 4.18. The fourth-order valence-electron chi connectivity index (χ4n) is 1.87. The molecule has 0 unspecified atom stereocenters. The number of anilines is 1. The molecule has 2 aromatic carbocycles. The second kappa shape index (κ2) is 6.05. The molecule has 0 bridgehead atoms. The van der Waals surface area contributed by atoms with Gasteiger partial charge in [0.05, 0.1) is 19.2 Å². The lowest BCUT2D eigenvalue weighted by atomic mass is 10.1. The molecule has 0 aliphatic carbocycles. The van der Waals surface area contributed by atoms with E-state index in [9.17, 15) is 4.79 Å². The number of benzene rings is 2. The Bertz CT molecular complexity index is 564. The van der Waals surface area contributed by atoms with Crippen molar-refractivity contribution in [3.8, 4) is 5.75 Å². The van der Waals surface area contributed by atoms with E-state index < -0.39 is 0 Å². The molecular formula is C16H17NO2. The maximum atomic E-state index is 12.2. The highest BCUT2D eigenvalue weighted by atomic mass is 16.5. The Labute approximate surface area is 113 Å². The summed E-state index contributed by atoms with van der Waals surface area (Å²) in [5.74, 6) is 0.634. The van der Waals surface area contributed by atoms with Gasteiger partial charge in [0.15, 0.2) is 5.78 Å². The number of ether oxygens (including phenoxy) is 1. The van der Waals surface area contributed by atoms with Crippen molar-refractivity contribution in [2.45, 2.75) is 6.92 Å². The SMILES string of the molecule is COc1ccc(C)cc1C(=O)CNc1ccccc1. The van der Waals surface area contributed by atoms with E-state index in [4.69, 9.17) is 4.74 Å². The number of methoxy groups -OCH3 is 1. The van der Waals surface area contributed by atoms with Crippen LogP contribution in [0.15, 0.2) is 48.5 Å². The fourth-order valence-corrected chi connectivity index (χ4v) is 1.87. The summed E-state index contributed by atoms with van der Waals surface area (Å²) in [4.78, 5) is 12.2. The number of para-hydroxylation sites is 1. The number of hydrogen-bond donors (Lipinski definition) is 1. The Hall–Kier alpha value is -2.29. The summed E-state index contributed by atoms with van der Waals surface area (Å²) < 4.78 is 5.22. The average molecular weight is 255 g/mol. The smallest absolute Gasteiger partial charge is 0.185 e. The molecule has 0 atom stereocenters. The molecule has 2 rings (SSSR count). The monoisotopic (exact) mass is 255 g/mol. The van der Waals surface area contributed by atoms with E-state index in [0.717, 1.165) is 11.3 Å². The van der Waals surface area contributed by atoms with Crippen LogP contribution in [0.25, 0.3) is 0 Å². The van der Waals surface area contributed by atoms with Crippen molar-refractivity contribution in [1.82, 2.24) is 0 Å². The highest BCUT2D eigenvalue weighted by Crippen LogP contribution is 2.20. The summed E-state index contributed by atoms with van der Waals surface area (Å²) in [7, 11) is 1.58. The molecule has 1 N–H and O–H groups in total. The van der Waals surface area contributed by atoms with Crippen molar-refractivity contribution in [3.05, 3.63) is 59.7 Å². The third-order valence-electron chi connectivity index (χ3n) is 2.88. The van der Waals surface area contributed by atoms with Gasteiger partial charge in [-0.3, -0.25) is 4.79 Å². The first kappa shape index (κ1) is 13.1. The molecule has 0 aromatic heterocycles. The number of nitrogens with one attached hydrogen (secondary N) is 1. The molecule has 0 saturated heterocycles. The van der Waals surface area contributed by atoms with Gasteiger partial charge >= 0.3 is 0 Å². The number of ketones is 1. The normalized spacial score (nSPS) is 10.0. The molecule has 0 aliphatic rings. The molecule has 3 nitrogen and oxygen atoms in total. The molecule has 98 valence electrons. The van der Waals surface area contributed by atoms with Crippen LogP contribution in [0.2, 0.25) is 0 Å². The van der Waals surface area contributed by atoms with Crippen molar-refractivity contribution in [1.29, 1.82) is 0 Å². The van der Waals surface area contributed by atoms with Crippen molar-refractivity contribution in [3.63, 3.8) is 0 Å². The van der Waals surface area contributed by atoms with Crippen molar-refractivity contribution in [2.75, 3.05) is 19.0 Å². The number of aryl methyl sites for hydroxylation is 1. The van der Waals surface area contributed by atoms with E-state index in [-0.39, 0.29) is 12.3 Å². The molecule has 0 amide bonds. The minimum absolute atomic E-state index is 0.0180. The molecule has 0 spiro atoms. The van der Waals surface area contributed by atoms with Crippen LogP contribution < -0.4 is 10.1 Å². The number of Topliss-reactive ketones (excluding diaryl/α,β-unsaturated/α-hetero) is 1. The van der Waals surface area contributed by atoms with Gasteiger partial charge in [0, 0.05) is 5.69 Å². The zero-order valence-corrected chi connectivity index (χ0v) is 11.1. The molecule has 3 heteroatoms. The molecular weight excluding hydrogens is 238 g/mol. The maximum Gasteiger partial charge on any atom is 0.185 e. The second-order valence-corrected chi connectivity index (χ2v) is 4.35. The van der Waals surface area contributed by atoms with Crippen LogP contribution in [-0.2, 0) is 0 Å². The zero-order chi connectivity index (χ0) is 13.7. The predicted octanol–water partition coefficient (Wildman–Crippen LogP) is 3.30. The molecule has 19 heavy (non-hydrogen) atoms. The Balaban J connectivity index is 2.10. The lowest BCUT2D eigenvalue weighted by molar-refractivity contribution is 0.100. The Morgan fingerprint density at radius 1 is 1.16 bits per heavy atom. The van der Waals surface area contributed by atoms with Crippen LogP contribution in [-0.4, -0.2) is 19.4 Å². The third-order valence-corrected chi connectivity index (χ3v) is 2.88. The lowest BCUT2D eigenvalue weighted by Gasteiger charge is -2.10. The summed E-state index contributed by atoms with van der Waals surface area (Å²) in [6.45, 7) is 2.21. The van der Waals surface area contributed by atoms with Crippen molar-refractivity contribution in [2.24, 2.45) is 0 Å². The van der Waals surface area contributed by atoms with Crippen LogP contribution in [0.4, 0.5) is 5.69 Å². The van der Waals surface area contributed by atoms with Gasteiger partial charge < -0.3 is 10.1 Å². The van der Waals surface area contributed by atoms with E-state index in [1.54, 1.807) is 7.11 Å². The van der Waals surface area contributed by atoms with Gasteiger partial charge in [0.25, 0.3) is 0 Å². The van der Waals surface area contributed by atoms with E-state index in [0.29, 0.717) is 11.3 Å². The number of carbonyl (C=O) groups excluding carboxylic acids is 1. The predicted molar refractivity (Wildman–Crippen MR) is 77.0 cm³/mol. The fraction of sp³-hybridized carbons (Fsp3) is 0.188. The summed E-state index contributed by atoms with van der Waals surface area (Å²) in [6, 6.07) is 15.3. The minimum atomic E-state index is 0.0180. The summed E-state index contributed by atoms with van der Waals surface area (Å²) >= 11 is 0. The number of hydrogen-bond acceptors (Lipinski definition) is 3. The minimum Gasteiger partial charge on any atom is -0.496 e. The molecule has 0 saturated carbocycles. The molecule has 2 aromatic rings.